The molecule has 2 aromatic rings. The highest BCUT2D eigenvalue weighted by Crippen LogP contribution is 2.45. The van der Waals surface area contributed by atoms with Gasteiger partial charge in [0.05, 0.1) is 6.42 Å². The molecule has 0 fully saturated rings. The summed E-state index contributed by atoms with van der Waals surface area (Å²) in [6, 6.07) is 19.9. The second-order valence-electron chi connectivity index (χ2n) is 4.60. The van der Waals surface area contributed by atoms with Gasteiger partial charge in [0.1, 0.15) is 0 Å². The highest BCUT2D eigenvalue weighted by Gasteiger charge is 2.30. The third-order valence-electron chi connectivity index (χ3n) is 3.19. The van der Waals surface area contributed by atoms with Crippen LogP contribution in [0.5, 0.6) is 0 Å². The highest BCUT2D eigenvalue weighted by atomic mass is 31.1. The molecule has 3 heteroatoms. The summed E-state index contributed by atoms with van der Waals surface area (Å²) in [5.41, 5.74) is 0. The summed E-state index contributed by atoms with van der Waals surface area (Å²) in [4.78, 5) is 23.6. The Balaban J connectivity index is 2.12. The second-order valence-corrected chi connectivity index (χ2v) is 6.79. The maximum atomic E-state index is 12.1. The molecule has 0 saturated carbocycles. The average molecular weight is 280 g/mol. The van der Waals surface area contributed by atoms with Crippen LogP contribution in [-0.4, -0.2) is 11.6 Å². The Kier molecular flexibility index (Phi) is 3.58. The minimum absolute atomic E-state index is 0.0217. The number of carbonyl (C=O) groups is 2. The first-order chi connectivity index (χ1) is 9.75. The molecule has 2 aromatic carbocycles. The Morgan fingerprint density at radius 1 is 0.750 bits per heavy atom. The average Bonchev–Trinajstić information content (AvgIpc) is 2.80. The summed E-state index contributed by atoms with van der Waals surface area (Å²) in [7, 11) is -0.927. The number of allylic oxidation sites excluding steroid dienone is 2. The van der Waals surface area contributed by atoms with Gasteiger partial charge in [-0.05, 0) is 24.6 Å². The van der Waals surface area contributed by atoms with Gasteiger partial charge in [-0.1, -0.05) is 60.7 Å². The summed E-state index contributed by atoms with van der Waals surface area (Å²) in [5, 5.41) is 2.87. The van der Waals surface area contributed by atoms with Crippen LogP contribution in [0.25, 0.3) is 0 Å². The number of benzene rings is 2. The van der Waals surface area contributed by atoms with Gasteiger partial charge in [0, 0.05) is 5.31 Å². The zero-order valence-electron chi connectivity index (χ0n) is 10.8. The summed E-state index contributed by atoms with van der Waals surface area (Å²) in [6.45, 7) is 0. The van der Waals surface area contributed by atoms with E-state index in [0.717, 1.165) is 10.6 Å². The fourth-order valence-corrected chi connectivity index (χ4v) is 4.70. The molecule has 0 N–H and O–H groups in total. The largest absolute Gasteiger partial charge is 0.294 e. The predicted molar refractivity (Wildman–Crippen MR) is 81.8 cm³/mol. The zero-order valence-corrected chi connectivity index (χ0v) is 11.7. The van der Waals surface area contributed by atoms with Crippen LogP contribution in [0.3, 0.4) is 0 Å². The smallest absolute Gasteiger partial charge is 0.171 e. The quantitative estimate of drug-likeness (QED) is 0.639. The van der Waals surface area contributed by atoms with E-state index in [4.69, 9.17) is 0 Å². The van der Waals surface area contributed by atoms with Crippen molar-refractivity contribution in [2.24, 2.45) is 0 Å². The maximum Gasteiger partial charge on any atom is 0.171 e. The van der Waals surface area contributed by atoms with Crippen LogP contribution >= 0.6 is 7.92 Å². The van der Waals surface area contributed by atoms with Gasteiger partial charge in [-0.3, -0.25) is 9.59 Å². The number of carbonyl (C=O) groups excluding carboxylic acids is 2. The van der Waals surface area contributed by atoms with Gasteiger partial charge in [-0.25, -0.2) is 0 Å². The van der Waals surface area contributed by atoms with Crippen molar-refractivity contribution in [3.05, 3.63) is 72.1 Å². The molecule has 1 aliphatic rings. The lowest BCUT2D eigenvalue weighted by Gasteiger charge is -2.18. The van der Waals surface area contributed by atoms with Gasteiger partial charge in [-0.2, -0.15) is 0 Å². The van der Waals surface area contributed by atoms with E-state index in [1.807, 2.05) is 60.7 Å². The zero-order chi connectivity index (χ0) is 13.9. The first-order valence-corrected chi connectivity index (χ1v) is 7.78. The van der Waals surface area contributed by atoms with Crippen molar-refractivity contribution >= 4 is 30.1 Å². The molecule has 1 aliphatic carbocycles. The van der Waals surface area contributed by atoms with Crippen molar-refractivity contribution in [1.82, 2.24) is 0 Å². The molecule has 0 unspecified atom stereocenters. The minimum Gasteiger partial charge on any atom is -0.294 e. The van der Waals surface area contributed by atoms with Crippen LogP contribution in [0, 0.1) is 0 Å². The first kappa shape index (κ1) is 13.0. The summed E-state index contributed by atoms with van der Waals surface area (Å²) in [5.74, 6) is -0.113. The van der Waals surface area contributed by atoms with E-state index in [9.17, 15) is 9.59 Å². The predicted octanol–water partition coefficient (Wildman–Crippen LogP) is 2.55. The molecule has 0 spiro atoms. The summed E-state index contributed by atoms with van der Waals surface area (Å²) >= 11 is 0. The first-order valence-electron chi connectivity index (χ1n) is 6.43. The molecule has 0 heterocycles. The van der Waals surface area contributed by atoms with Gasteiger partial charge in [0.15, 0.2) is 11.6 Å². The van der Waals surface area contributed by atoms with Gasteiger partial charge in [0.2, 0.25) is 0 Å². The Morgan fingerprint density at radius 2 is 1.25 bits per heavy atom. The molecule has 0 radical (unpaired) electrons. The van der Waals surface area contributed by atoms with Gasteiger partial charge < -0.3 is 0 Å². The van der Waals surface area contributed by atoms with E-state index in [1.54, 1.807) is 0 Å². The normalized spacial score (nSPS) is 14.8. The molecule has 0 aliphatic heterocycles. The molecule has 0 amide bonds. The number of hydrogen-bond acceptors (Lipinski definition) is 2. The maximum absolute atomic E-state index is 12.1. The van der Waals surface area contributed by atoms with Crippen molar-refractivity contribution < 1.29 is 9.59 Å². The molecular formula is C17H13O2P. The van der Waals surface area contributed by atoms with Crippen LogP contribution in [-0.2, 0) is 9.59 Å². The standard InChI is InChI=1S/C17H13O2P/c18-13-11-16(19)17(12-13)20(14-7-3-1-4-8-14)15-9-5-2-6-10-15/h1-10,12H,11H2. The van der Waals surface area contributed by atoms with Crippen LogP contribution in [0.4, 0.5) is 0 Å². The van der Waals surface area contributed by atoms with Crippen molar-refractivity contribution in [3.63, 3.8) is 0 Å². The number of hydrogen-bond donors (Lipinski definition) is 0. The monoisotopic (exact) mass is 280 g/mol. The van der Waals surface area contributed by atoms with Crippen LogP contribution in [0.2, 0.25) is 0 Å². The number of ketones is 2. The topological polar surface area (TPSA) is 34.1 Å². The van der Waals surface area contributed by atoms with Crippen LogP contribution in [0.1, 0.15) is 6.42 Å². The summed E-state index contributed by atoms with van der Waals surface area (Å²) in [6.07, 6.45) is 1.56. The Hall–Kier alpha value is -2.05. The SMILES string of the molecule is O=C1C=C(P(c2ccccc2)c2ccccc2)C(=O)C1. The molecule has 0 bridgehead atoms. The molecule has 0 saturated heterocycles. The molecule has 0 atom stereocenters. The molecule has 0 aromatic heterocycles. The van der Waals surface area contributed by atoms with Crippen molar-refractivity contribution in [3.8, 4) is 0 Å². The Morgan fingerprint density at radius 3 is 1.65 bits per heavy atom. The Labute approximate surface area is 118 Å². The second kappa shape index (κ2) is 5.52. The van der Waals surface area contributed by atoms with Crippen LogP contribution < -0.4 is 10.6 Å². The molecule has 3 rings (SSSR count). The summed E-state index contributed by atoms with van der Waals surface area (Å²) < 4.78 is 0. The fourth-order valence-electron chi connectivity index (χ4n) is 2.30. The van der Waals surface area contributed by atoms with Gasteiger partial charge >= 0.3 is 0 Å². The molecular weight excluding hydrogens is 267 g/mol. The van der Waals surface area contributed by atoms with Crippen molar-refractivity contribution in [1.29, 1.82) is 0 Å². The van der Waals surface area contributed by atoms with Crippen LogP contribution in [0.15, 0.2) is 72.1 Å². The molecule has 2 nitrogen and oxygen atoms in total. The van der Waals surface area contributed by atoms with E-state index in [0.29, 0.717) is 5.31 Å². The number of rotatable bonds is 3. The Bertz CT molecular complexity index is 635. The number of Topliss-reactive ketones (excluding diaryl/α,β-unsaturated/α-hetero) is 1. The fraction of sp³-hybridized carbons (Fsp3) is 0.0588. The van der Waals surface area contributed by atoms with E-state index >= 15 is 0 Å². The van der Waals surface area contributed by atoms with Crippen molar-refractivity contribution in [2.75, 3.05) is 0 Å². The van der Waals surface area contributed by atoms with E-state index in [1.165, 1.54) is 6.08 Å². The van der Waals surface area contributed by atoms with E-state index in [-0.39, 0.29) is 18.0 Å². The lowest BCUT2D eigenvalue weighted by atomic mass is 10.3. The molecule has 98 valence electrons. The van der Waals surface area contributed by atoms with Gasteiger partial charge in [-0.15, -0.1) is 0 Å². The lowest BCUT2D eigenvalue weighted by Crippen LogP contribution is -2.15. The minimum atomic E-state index is -0.927. The third-order valence-corrected chi connectivity index (χ3v) is 5.68. The van der Waals surface area contributed by atoms with Gasteiger partial charge in [0.25, 0.3) is 0 Å². The van der Waals surface area contributed by atoms with E-state index in [2.05, 4.69) is 0 Å². The lowest BCUT2D eigenvalue weighted by molar-refractivity contribution is -0.120. The highest BCUT2D eigenvalue weighted by molar-refractivity contribution is 7.78. The van der Waals surface area contributed by atoms with E-state index < -0.39 is 7.92 Å². The van der Waals surface area contributed by atoms with Crippen molar-refractivity contribution in [2.45, 2.75) is 6.42 Å². The third kappa shape index (κ3) is 2.48. The molecule has 20 heavy (non-hydrogen) atoms.